The molecule has 0 aliphatic rings. The summed E-state index contributed by atoms with van der Waals surface area (Å²) < 4.78 is 39.9. The number of pyridine rings is 1. The minimum Gasteiger partial charge on any atom is -0.323 e. The number of carbonyl (C=O) groups excluding carboxylic acids is 1. The molecule has 1 amide bonds. The van der Waals surface area contributed by atoms with Gasteiger partial charge in [-0.1, -0.05) is 11.8 Å². The number of halogens is 3. The lowest BCUT2D eigenvalue weighted by molar-refractivity contribution is -0.115. The molecule has 1 N–H and O–H groups in total. The summed E-state index contributed by atoms with van der Waals surface area (Å²) >= 11 is 1.04. The van der Waals surface area contributed by atoms with Gasteiger partial charge in [0, 0.05) is 5.69 Å². The predicted octanol–water partition coefficient (Wildman–Crippen LogP) is 4.42. The average molecular weight is 379 g/mol. The number of amides is 1. The predicted molar refractivity (Wildman–Crippen MR) is 93.4 cm³/mol. The van der Waals surface area contributed by atoms with Gasteiger partial charge in [0.15, 0.2) is 17.5 Å². The maximum absolute atomic E-state index is 13.7. The van der Waals surface area contributed by atoms with Crippen molar-refractivity contribution in [1.29, 1.82) is 5.26 Å². The van der Waals surface area contributed by atoms with E-state index in [2.05, 4.69) is 16.4 Å². The van der Waals surface area contributed by atoms with E-state index in [-0.39, 0.29) is 0 Å². The second kappa shape index (κ2) is 7.79. The molecule has 8 heteroatoms. The third-order valence-corrected chi connectivity index (χ3v) is 5.11. The summed E-state index contributed by atoms with van der Waals surface area (Å²) in [4.78, 5) is 16.6. The first-order chi connectivity index (χ1) is 12.2. The van der Waals surface area contributed by atoms with Crippen molar-refractivity contribution >= 4 is 23.4 Å². The Bertz CT molecular complexity index is 925. The van der Waals surface area contributed by atoms with E-state index in [4.69, 9.17) is 0 Å². The second-order valence-corrected chi connectivity index (χ2v) is 7.04. The number of benzene rings is 1. The van der Waals surface area contributed by atoms with Gasteiger partial charge in [-0.05, 0) is 51.0 Å². The molecule has 1 aromatic heterocycles. The van der Waals surface area contributed by atoms with Gasteiger partial charge in [0.05, 0.1) is 16.5 Å². The van der Waals surface area contributed by atoms with E-state index in [1.807, 2.05) is 6.92 Å². The van der Waals surface area contributed by atoms with Gasteiger partial charge >= 0.3 is 0 Å². The lowest BCUT2D eigenvalue weighted by atomic mass is 10.1. The van der Waals surface area contributed by atoms with E-state index in [0.717, 1.165) is 40.7 Å². The van der Waals surface area contributed by atoms with E-state index in [0.29, 0.717) is 10.6 Å². The van der Waals surface area contributed by atoms with Crippen molar-refractivity contribution in [1.82, 2.24) is 4.98 Å². The zero-order valence-corrected chi connectivity index (χ0v) is 15.4. The second-order valence-electron chi connectivity index (χ2n) is 5.71. The molecule has 1 aromatic carbocycles. The number of carbonyl (C=O) groups is 1. The summed E-state index contributed by atoms with van der Waals surface area (Å²) in [6, 6.07) is 3.76. The van der Waals surface area contributed by atoms with Gasteiger partial charge in [-0.3, -0.25) is 4.79 Å². The van der Waals surface area contributed by atoms with Gasteiger partial charge < -0.3 is 5.32 Å². The van der Waals surface area contributed by atoms with Crippen LogP contribution in [0.2, 0.25) is 0 Å². The van der Waals surface area contributed by atoms with Crippen molar-refractivity contribution in [3.05, 3.63) is 52.0 Å². The quantitative estimate of drug-likeness (QED) is 0.631. The summed E-state index contributed by atoms with van der Waals surface area (Å²) in [6.45, 7) is 7.00. The number of nitrogens with zero attached hydrogens (tertiary/aromatic N) is 2. The molecule has 0 bridgehead atoms. The Hall–Kier alpha value is -2.53. The Labute approximate surface area is 153 Å². The average Bonchev–Trinajstić information content (AvgIpc) is 2.60. The van der Waals surface area contributed by atoms with Crippen molar-refractivity contribution in [2.75, 3.05) is 5.32 Å². The zero-order chi connectivity index (χ0) is 19.6. The summed E-state index contributed by atoms with van der Waals surface area (Å²) in [5.41, 5.74) is 2.33. The van der Waals surface area contributed by atoms with E-state index < -0.39 is 34.3 Å². The van der Waals surface area contributed by atoms with Gasteiger partial charge in [0.2, 0.25) is 5.91 Å². The fraction of sp³-hybridized carbons (Fsp3) is 0.278. The van der Waals surface area contributed by atoms with Crippen LogP contribution in [-0.2, 0) is 4.79 Å². The van der Waals surface area contributed by atoms with Gasteiger partial charge in [-0.15, -0.1) is 0 Å². The first-order valence-corrected chi connectivity index (χ1v) is 8.54. The normalized spacial score (nSPS) is 11.8. The van der Waals surface area contributed by atoms with Gasteiger partial charge in [-0.2, -0.15) is 5.26 Å². The highest BCUT2D eigenvalue weighted by Gasteiger charge is 2.22. The van der Waals surface area contributed by atoms with Gasteiger partial charge in [0.25, 0.3) is 0 Å². The molecule has 0 aliphatic heterocycles. The van der Waals surface area contributed by atoms with Gasteiger partial charge in [-0.25, -0.2) is 18.2 Å². The number of aryl methyl sites for hydroxylation is 1. The molecule has 2 aromatic rings. The fourth-order valence-electron chi connectivity index (χ4n) is 2.21. The minimum absolute atomic E-state index is 0.372. The monoisotopic (exact) mass is 379 g/mol. The molecule has 0 saturated carbocycles. The summed E-state index contributed by atoms with van der Waals surface area (Å²) in [5.74, 6) is -5.08. The van der Waals surface area contributed by atoms with E-state index in [9.17, 15) is 23.2 Å². The first kappa shape index (κ1) is 19.8. The lowest BCUT2D eigenvalue weighted by Gasteiger charge is -2.15. The molecule has 1 atom stereocenters. The molecule has 0 radical (unpaired) electrons. The molecule has 4 nitrogen and oxygen atoms in total. The van der Waals surface area contributed by atoms with E-state index in [1.54, 1.807) is 20.8 Å². The van der Waals surface area contributed by atoms with Crippen molar-refractivity contribution in [3.63, 3.8) is 0 Å². The summed E-state index contributed by atoms with van der Waals surface area (Å²) in [5, 5.41) is 11.2. The van der Waals surface area contributed by atoms with Crippen LogP contribution in [0, 0.1) is 49.6 Å². The molecule has 0 aliphatic carbocycles. The molecular weight excluding hydrogens is 363 g/mol. The van der Waals surface area contributed by atoms with Gasteiger partial charge in [0.1, 0.15) is 11.1 Å². The smallest absolute Gasteiger partial charge is 0.237 e. The van der Waals surface area contributed by atoms with Crippen LogP contribution in [0.1, 0.15) is 29.3 Å². The first-order valence-electron chi connectivity index (χ1n) is 7.66. The van der Waals surface area contributed by atoms with Crippen LogP contribution in [0.4, 0.5) is 18.9 Å². The molecule has 0 spiro atoms. The van der Waals surface area contributed by atoms with Crippen LogP contribution in [0.5, 0.6) is 0 Å². The molecular formula is C18H16F3N3OS. The topological polar surface area (TPSA) is 65.8 Å². The highest BCUT2D eigenvalue weighted by atomic mass is 32.2. The number of anilines is 1. The largest absolute Gasteiger partial charge is 0.323 e. The Morgan fingerprint density at radius 2 is 1.85 bits per heavy atom. The molecule has 136 valence electrons. The van der Waals surface area contributed by atoms with Crippen molar-refractivity contribution < 1.29 is 18.0 Å². The Morgan fingerprint density at radius 1 is 1.19 bits per heavy atom. The molecule has 0 saturated heterocycles. The number of rotatable bonds is 4. The number of hydrogen-bond acceptors (Lipinski definition) is 4. The third-order valence-electron chi connectivity index (χ3n) is 4.03. The molecule has 1 unspecified atom stereocenters. The third kappa shape index (κ3) is 3.83. The van der Waals surface area contributed by atoms with Crippen LogP contribution in [-0.4, -0.2) is 16.1 Å². The SMILES string of the molecule is Cc1nc(SC(C)C(=O)Nc2ccc(F)c(F)c2F)c(C#N)c(C)c1C. The molecule has 2 rings (SSSR count). The number of thioether (sulfide) groups is 1. The summed E-state index contributed by atoms with van der Waals surface area (Å²) in [6.07, 6.45) is 0. The maximum atomic E-state index is 13.7. The van der Waals surface area contributed by atoms with Crippen LogP contribution >= 0.6 is 11.8 Å². The fourth-order valence-corrected chi connectivity index (χ4v) is 3.21. The van der Waals surface area contributed by atoms with Crippen molar-refractivity contribution in [2.45, 2.75) is 38.0 Å². The highest BCUT2D eigenvalue weighted by Crippen LogP contribution is 2.30. The Balaban J connectivity index is 2.23. The standard InChI is InChI=1S/C18H16F3N3OS/c1-8-9(2)12(7-22)18(23-10(8)3)26-11(4)17(25)24-14-6-5-13(19)15(20)16(14)21/h5-6,11H,1-4H3,(H,24,25). The van der Waals surface area contributed by atoms with E-state index in [1.165, 1.54) is 0 Å². The minimum atomic E-state index is -1.65. The number of nitriles is 1. The number of hydrogen-bond donors (Lipinski definition) is 1. The summed E-state index contributed by atoms with van der Waals surface area (Å²) in [7, 11) is 0. The zero-order valence-electron chi connectivity index (χ0n) is 14.6. The number of aromatic nitrogens is 1. The lowest BCUT2D eigenvalue weighted by Crippen LogP contribution is -2.23. The van der Waals surface area contributed by atoms with E-state index >= 15 is 0 Å². The van der Waals surface area contributed by atoms with Crippen LogP contribution in [0.3, 0.4) is 0 Å². The molecule has 0 fully saturated rings. The van der Waals surface area contributed by atoms with Crippen LogP contribution < -0.4 is 5.32 Å². The molecule has 26 heavy (non-hydrogen) atoms. The Morgan fingerprint density at radius 3 is 2.46 bits per heavy atom. The van der Waals surface area contributed by atoms with Crippen LogP contribution in [0.25, 0.3) is 0 Å². The number of nitrogens with one attached hydrogen (secondary N) is 1. The maximum Gasteiger partial charge on any atom is 0.237 e. The van der Waals surface area contributed by atoms with Crippen LogP contribution in [0.15, 0.2) is 17.2 Å². The van der Waals surface area contributed by atoms with Crippen molar-refractivity contribution in [3.8, 4) is 6.07 Å². The molecule has 1 heterocycles. The Kier molecular flexibility index (Phi) is 5.93. The van der Waals surface area contributed by atoms with Crippen molar-refractivity contribution in [2.24, 2.45) is 0 Å². The highest BCUT2D eigenvalue weighted by molar-refractivity contribution is 8.00.